The molecule has 0 aromatic heterocycles. The van der Waals surface area contributed by atoms with Crippen LogP contribution in [0.25, 0.3) is 0 Å². The van der Waals surface area contributed by atoms with Crippen LogP contribution >= 0.6 is 0 Å². The summed E-state index contributed by atoms with van der Waals surface area (Å²) in [6, 6.07) is -0.331. The molecular formula is C11H21NO5S. The van der Waals surface area contributed by atoms with Crippen LogP contribution in [0.3, 0.4) is 0 Å². The van der Waals surface area contributed by atoms with E-state index < -0.39 is 15.8 Å². The Balaban J connectivity index is 2.20. The second kappa shape index (κ2) is 7.06. The lowest BCUT2D eigenvalue weighted by Crippen LogP contribution is -2.46. The molecule has 0 aromatic carbocycles. The monoisotopic (exact) mass is 279 g/mol. The molecule has 1 rings (SSSR count). The number of esters is 1. The highest BCUT2D eigenvalue weighted by atomic mass is 32.2. The van der Waals surface area contributed by atoms with E-state index in [-0.39, 0.29) is 36.7 Å². The minimum absolute atomic E-state index is 0.00456. The number of carbonyl (C=O) groups is 1. The van der Waals surface area contributed by atoms with Gasteiger partial charge in [-0.1, -0.05) is 0 Å². The van der Waals surface area contributed by atoms with E-state index in [9.17, 15) is 13.2 Å². The van der Waals surface area contributed by atoms with Crippen LogP contribution in [0, 0.1) is 0 Å². The fraction of sp³-hybridized carbons (Fsp3) is 0.909. The number of hydrogen-bond acceptors (Lipinski definition) is 6. The highest BCUT2D eigenvalue weighted by Crippen LogP contribution is 2.05. The van der Waals surface area contributed by atoms with Gasteiger partial charge in [0.05, 0.1) is 30.6 Å². The van der Waals surface area contributed by atoms with Gasteiger partial charge in [-0.05, 0) is 13.8 Å². The van der Waals surface area contributed by atoms with Crippen molar-refractivity contribution in [2.24, 2.45) is 0 Å². The van der Waals surface area contributed by atoms with Gasteiger partial charge in [-0.2, -0.15) is 0 Å². The molecule has 18 heavy (non-hydrogen) atoms. The maximum Gasteiger partial charge on any atom is 0.307 e. The minimum Gasteiger partial charge on any atom is -0.463 e. The Kier molecular flexibility index (Phi) is 6.04. The molecule has 0 aliphatic carbocycles. The minimum atomic E-state index is -3.01. The van der Waals surface area contributed by atoms with Gasteiger partial charge in [-0.15, -0.1) is 0 Å². The van der Waals surface area contributed by atoms with Crippen LogP contribution < -0.4 is 5.32 Å². The summed E-state index contributed by atoms with van der Waals surface area (Å²) in [5.41, 5.74) is 0. The van der Waals surface area contributed by atoms with Crippen molar-refractivity contribution in [3.8, 4) is 0 Å². The average molecular weight is 279 g/mol. The second-order valence-electron chi connectivity index (χ2n) is 4.61. The Morgan fingerprint density at radius 3 is 2.72 bits per heavy atom. The molecule has 106 valence electrons. The summed E-state index contributed by atoms with van der Waals surface area (Å²) in [5.74, 6) is -0.247. The first-order chi connectivity index (χ1) is 8.39. The molecule has 6 nitrogen and oxygen atoms in total. The zero-order valence-electron chi connectivity index (χ0n) is 10.8. The lowest BCUT2D eigenvalue weighted by molar-refractivity contribution is -0.146. The van der Waals surface area contributed by atoms with Gasteiger partial charge in [-0.25, -0.2) is 8.42 Å². The Morgan fingerprint density at radius 1 is 1.39 bits per heavy atom. The topological polar surface area (TPSA) is 81.7 Å². The van der Waals surface area contributed by atoms with Gasteiger partial charge in [0.15, 0.2) is 9.84 Å². The molecule has 1 unspecified atom stereocenters. The summed E-state index contributed by atoms with van der Waals surface area (Å²) >= 11 is 0. The molecule has 1 saturated heterocycles. The smallest absolute Gasteiger partial charge is 0.307 e. The first kappa shape index (κ1) is 15.4. The van der Waals surface area contributed by atoms with Crippen molar-refractivity contribution in [2.75, 3.05) is 31.3 Å². The van der Waals surface area contributed by atoms with E-state index >= 15 is 0 Å². The van der Waals surface area contributed by atoms with Crippen LogP contribution in [0.2, 0.25) is 0 Å². The molecule has 1 aliphatic rings. The van der Waals surface area contributed by atoms with E-state index in [0.29, 0.717) is 13.2 Å². The van der Waals surface area contributed by atoms with Crippen LogP contribution in [0.15, 0.2) is 0 Å². The predicted molar refractivity (Wildman–Crippen MR) is 67.1 cm³/mol. The molecule has 0 aromatic rings. The quantitative estimate of drug-likeness (QED) is 0.532. The number of carbonyl (C=O) groups excluding carboxylic acids is 1. The van der Waals surface area contributed by atoms with Gasteiger partial charge >= 0.3 is 5.97 Å². The van der Waals surface area contributed by atoms with Crippen LogP contribution in [0.4, 0.5) is 0 Å². The number of hydrogen-bond donors (Lipinski definition) is 1. The molecule has 1 atom stereocenters. The van der Waals surface area contributed by atoms with Crippen LogP contribution in [0.5, 0.6) is 0 Å². The van der Waals surface area contributed by atoms with Gasteiger partial charge in [0, 0.05) is 12.6 Å². The predicted octanol–water partition coefficient (Wildman–Crippen LogP) is -0.269. The number of sulfone groups is 1. The maximum absolute atomic E-state index is 11.5. The molecule has 0 radical (unpaired) electrons. The normalized spacial score (nSPS) is 22.9. The van der Waals surface area contributed by atoms with E-state index in [2.05, 4.69) is 5.32 Å². The molecule has 1 heterocycles. The van der Waals surface area contributed by atoms with Gasteiger partial charge in [0.25, 0.3) is 0 Å². The van der Waals surface area contributed by atoms with Gasteiger partial charge in [0.2, 0.25) is 0 Å². The summed E-state index contributed by atoms with van der Waals surface area (Å²) in [4.78, 5) is 11.5. The van der Waals surface area contributed by atoms with Crippen LogP contribution in [-0.2, 0) is 24.1 Å². The van der Waals surface area contributed by atoms with Crippen LogP contribution in [0.1, 0.15) is 20.3 Å². The number of nitrogens with one attached hydrogen (secondary N) is 1. The molecule has 0 amide bonds. The fourth-order valence-corrected chi connectivity index (χ4v) is 3.14. The molecule has 7 heteroatoms. The average Bonchev–Trinajstić information content (AvgIpc) is 2.22. The largest absolute Gasteiger partial charge is 0.463 e. The third-order valence-corrected chi connectivity index (χ3v) is 4.25. The molecule has 0 bridgehead atoms. The van der Waals surface area contributed by atoms with E-state index in [1.165, 1.54) is 0 Å². The van der Waals surface area contributed by atoms with Crippen molar-refractivity contribution in [3.63, 3.8) is 0 Å². The standard InChI is InChI=1S/C11H21NO5S/c1-9(2)16-4-5-17-11(13)7-10-8-18(14,15)6-3-12-10/h9-10,12H,3-8H2,1-2H3. The number of rotatable bonds is 6. The lowest BCUT2D eigenvalue weighted by Gasteiger charge is -2.22. The van der Waals surface area contributed by atoms with Gasteiger partial charge < -0.3 is 14.8 Å². The Morgan fingerprint density at radius 2 is 2.11 bits per heavy atom. The third-order valence-electron chi connectivity index (χ3n) is 2.51. The Labute approximate surface area is 108 Å². The van der Waals surface area contributed by atoms with Gasteiger partial charge in [0.1, 0.15) is 6.61 Å². The van der Waals surface area contributed by atoms with Gasteiger partial charge in [-0.3, -0.25) is 4.79 Å². The van der Waals surface area contributed by atoms with Crippen molar-refractivity contribution >= 4 is 15.8 Å². The summed E-state index contributed by atoms with van der Waals surface area (Å²) in [5, 5.41) is 3.00. The lowest BCUT2D eigenvalue weighted by atomic mass is 10.2. The van der Waals surface area contributed by atoms with Crippen molar-refractivity contribution in [3.05, 3.63) is 0 Å². The van der Waals surface area contributed by atoms with E-state index in [4.69, 9.17) is 9.47 Å². The second-order valence-corrected chi connectivity index (χ2v) is 6.84. The van der Waals surface area contributed by atoms with Crippen molar-refractivity contribution < 1.29 is 22.7 Å². The maximum atomic E-state index is 11.5. The summed E-state index contributed by atoms with van der Waals surface area (Å²) < 4.78 is 32.9. The molecule has 0 spiro atoms. The molecule has 1 aliphatic heterocycles. The highest BCUT2D eigenvalue weighted by Gasteiger charge is 2.26. The van der Waals surface area contributed by atoms with Crippen LogP contribution in [-0.4, -0.2) is 57.8 Å². The Bertz CT molecular complexity index is 366. The van der Waals surface area contributed by atoms with E-state index in [1.54, 1.807) is 0 Å². The van der Waals surface area contributed by atoms with Crippen molar-refractivity contribution in [1.82, 2.24) is 5.32 Å². The number of ether oxygens (including phenoxy) is 2. The molecule has 1 N–H and O–H groups in total. The Hall–Kier alpha value is -0.660. The fourth-order valence-electron chi connectivity index (χ4n) is 1.70. The zero-order valence-corrected chi connectivity index (χ0v) is 11.7. The summed E-state index contributed by atoms with van der Waals surface area (Å²) in [7, 11) is -3.01. The zero-order chi connectivity index (χ0) is 13.6. The molecule has 1 fully saturated rings. The van der Waals surface area contributed by atoms with E-state index in [0.717, 1.165) is 0 Å². The highest BCUT2D eigenvalue weighted by molar-refractivity contribution is 7.91. The first-order valence-electron chi connectivity index (χ1n) is 6.10. The van der Waals surface area contributed by atoms with Crippen molar-refractivity contribution in [1.29, 1.82) is 0 Å². The first-order valence-corrected chi connectivity index (χ1v) is 7.92. The van der Waals surface area contributed by atoms with Crippen molar-refractivity contribution in [2.45, 2.75) is 32.4 Å². The summed E-state index contributed by atoms with van der Waals surface area (Å²) in [6.07, 6.45) is 0.190. The summed E-state index contributed by atoms with van der Waals surface area (Å²) in [6.45, 7) is 4.77. The molecule has 0 saturated carbocycles. The SMILES string of the molecule is CC(C)OCCOC(=O)CC1CS(=O)(=O)CCN1. The van der Waals surface area contributed by atoms with E-state index in [1.807, 2.05) is 13.8 Å². The third kappa shape index (κ3) is 6.32. The molecular weight excluding hydrogens is 258 g/mol.